The van der Waals surface area contributed by atoms with Crippen LogP contribution in [-0.2, 0) is 24.4 Å². The lowest BCUT2D eigenvalue weighted by atomic mass is 9.98. The summed E-state index contributed by atoms with van der Waals surface area (Å²) >= 11 is 6.25. The minimum absolute atomic E-state index is 0.0287. The van der Waals surface area contributed by atoms with E-state index in [-0.39, 0.29) is 24.3 Å². The second-order valence-corrected chi connectivity index (χ2v) is 11.9. The fourth-order valence-corrected chi connectivity index (χ4v) is 6.69. The number of carboxylic acid groups (broad SMARTS) is 2. The van der Waals surface area contributed by atoms with E-state index in [1.54, 1.807) is 38.4 Å². The highest BCUT2D eigenvalue weighted by Crippen LogP contribution is 2.33. The minimum Gasteiger partial charge on any atom is -0.480 e. The summed E-state index contributed by atoms with van der Waals surface area (Å²) < 4.78 is 29.4. The molecule has 0 radical (unpaired) electrons. The van der Waals surface area contributed by atoms with E-state index in [0.717, 1.165) is 16.7 Å². The van der Waals surface area contributed by atoms with Gasteiger partial charge in [0, 0.05) is 36.4 Å². The van der Waals surface area contributed by atoms with E-state index in [2.05, 4.69) is 4.98 Å². The predicted octanol–water partition coefficient (Wildman–Crippen LogP) is 4.55. The zero-order valence-electron chi connectivity index (χ0n) is 22.9. The molecule has 0 unspecified atom stereocenters. The van der Waals surface area contributed by atoms with Crippen LogP contribution in [0.1, 0.15) is 42.5 Å². The highest BCUT2D eigenvalue weighted by Gasteiger charge is 2.32. The Labute approximate surface area is 244 Å². The Balaban J connectivity index is 1.96. The van der Waals surface area contributed by atoms with Crippen molar-refractivity contribution in [2.75, 3.05) is 19.6 Å². The zero-order valence-corrected chi connectivity index (χ0v) is 24.5. The van der Waals surface area contributed by atoms with E-state index in [9.17, 15) is 22.8 Å². The largest absolute Gasteiger partial charge is 0.480 e. The van der Waals surface area contributed by atoms with Crippen LogP contribution in [0.25, 0.3) is 11.1 Å². The molecule has 0 bridgehead atoms. The van der Waals surface area contributed by atoms with Gasteiger partial charge in [-0.15, -0.1) is 0 Å². The first-order valence-electron chi connectivity index (χ1n) is 12.8. The molecule has 41 heavy (non-hydrogen) atoms. The second-order valence-electron chi connectivity index (χ2n) is 9.61. The topological polar surface area (TPSA) is 145 Å². The van der Waals surface area contributed by atoms with Crippen molar-refractivity contribution in [1.29, 1.82) is 0 Å². The lowest BCUT2D eigenvalue weighted by Gasteiger charge is -2.30. The standard InChI is InChI=1S/C29H32ClN3O7S/c1-19-16-31-13-12-24(19)23-8-4-7-22(15-23)21(3)33(41(39,40)26-10-5-9-25(30)20(26)2)14-6-11-27(34)32(17-28(35)36)18-29(37)38/h4-5,7-10,12-13,15-16,21H,6,11,14,17-18H2,1-3H3,(H,35,36)(H,37,38)/t21-/m0/s1. The molecule has 0 fully saturated rings. The van der Waals surface area contributed by atoms with Crippen molar-refractivity contribution in [2.45, 2.75) is 44.6 Å². The highest BCUT2D eigenvalue weighted by atomic mass is 35.5. The van der Waals surface area contributed by atoms with Crippen molar-refractivity contribution >= 4 is 39.5 Å². The van der Waals surface area contributed by atoms with Gasteiger partial charge in [0.2, 0.25) is 15.9 Å². The molecule has 0 aliphatic heterocycles. The average Bonchev–Trinajstić information content (AvgIpc) is 2.91. The number of sulfonamides is 1. The molecule has 0 aliphatic carbocycles. The summed E-state index contributed by atoms with van der Waals surface area (Å²) in [6.45, 7) is 3.67. The number of pyridine rings is 1. The lowest BCUT2D eigenvalue weighted by Crippen LogP contribution is -2.40. The van der Waals surface area contributed by atoms with Crippen molar-refractivity contribution in [2.24, 2.45) is 0 Å². The van der Waals surface area contributed by atoms with E-state index >= 15 is 0 Å². The van der Waals surface area contributed by atoms with E-state index in [0.29, 0.717) is 21.0 Å². The summed E-state index contributed by atoms with van der Waals surface area (Å²) in [5, 5.41) is 18.4. The molecule has 1 aromatic heterocycles. The fourth-order valence-electron chi connectivity index (χ4n) is 4.55. The Morgan fingerprint density at radius 1 is 1.00 bits per heavy atom. The summed E-state index contributed by atoms with van der Waals surface area (Å²) in [5.41, 5.74) is 3.90. The molecule has 1 atom stereocenters. The quantitative estimate of drug-likeness (QED) is 0.290. The number of halogens is 1. The van der Waals surface area contributed by atoms with E-state index in [4.69, 9.17) is 21.8 Å². The fraction of sp³-hybridized carbons (Fsp3) is 0.310. The molecule has 3 aromatic rings. The molecular formula is C29H32ClN3O7S. The third-order valence-corrected chi connectivity index (χ3v) is 9.23. The number of amides is 1. The van der Waals surface area contributed by atoms with Crippen molar-refractivity contribution in [1.82, 2.24) is 14.2 Å². The minimum atomic E-state index is -4.12. The van der Waals surface area contributed by atoms with E-state index in [1.807, 2.05) is 37.3 Å². The van der Waals surface area contributed by atoms with Gasteiger partial charge in [0.05, 0.1) is 4.90 Å². The normalized spacial score (nSPS) is 12.2. The van der Waals surface area contributed by atoms with Gasteiger partial charge in [0.1, 0.15) is 13.1 Å². The molecule has 218 valence electrons. The van der Waals surface area contributed by atoms with Gasteiger partial charge in [0.15, 0.2) is 0 Å². The van der Waals surface area contributed by atoms with E-state index in [1.165, 1.54) is 10.4 Å². The van der Waals surface area contributed by atoms with Crippen LogP contribution in [0.15, 0.2) is 65.8 Å². The summed E-state index contributed by atoms with van der Waals surface area (Å²) in [6.07, 6.45) is 3.22. The van der Waals surface area contributed by atoms with Crippen molar-refractivity contribution in [3.8, 4) is 11.1 Å². The smallest absolute Gasteiger partial charge is 0.323 e. The van der Waals surface area contributed by atoms with Gasteiger partial charge in [0.25, 0.3) is 0 Å². The van der Waals surface area contributed by atoms with Gasteiger partial charge in [-0.3, -0.25) is 19.4 Å². The number of aryl methyl sites for hydroxylation is 1. The molecule has 0 saturated carbocycles. The molecule has 1 amide bonds. The number of carboxylic acids is 2. The van der Waals surface area contributed by atoms with Gasteiger partial charge in [-0.1, -0.05) is 35.9 Å². The Bertz CT molecular complexity index is 1530. The molecule has 12 heteroatoms. The third kappa shape index (κ3) is 7.90. The van der Waals surface area contributed by atoms with Crippen LogP contribution < -0.4 is 0 Å². The van der Waals surface area contributed by atoms with Gasteiger partial charge >= 0.3 is 11.9 Å². The number of aliphatic carboxylic acids is 2. The van der Waals surface area contributed by atoms with Crippen LogP contribution in [0.2, 0.25) is 5.02 Å². The number of benzene rings is 2. The first kappa shape index (κ1) is 31.7. The Kier molecular flexibility index (Phi) is 10.6. The summed E-state index contributed by atoms with van der Waals surface area (Å²) in [4.78, 5) is 39.8. The first-order chi connectivity index (χ1) is 19.3. The second kappa shape index (κ2) is 13.7. The van der Waals surface area contributed by atoms with Gasteiger partial charge in [-0.2, -0.15) is 4.31 Å². The lowest BCUT2D eigenvalue weighted by molar-refractivity contribution is -0.149. The maximum atomic E-state index is 14.0. The molecule has 3 rings (SSSR count). The number of hydrogen-bond acceptors (Lipinski definition) is 6. The maximum absolute atomic E-state index is 14.0. The number of nitrogens with zero attached hydrogens (tertiary/aromatic N) is 3. The van der Waals surface area contributed by atoms with Gasteiger partial charge in [-0.25, -0.2) is 8.42 Å². The number of rotatable bonds is 13. The maximum Gasteiger partial charge on any atom is 0.323 e. The molecular weight excluding hydrogens is 570 g/mol. The number of carbonyl (C=O) groups is 3. The molecule has 10 nitrogen and oxygen atoms in total. The summed E-state index contributed by atoms with van der Waals surface area (Å²) in [6, 6.07) is 13.3. The predicted molar refractivity (Wildman–Crippen MR) is 154 cm³/mol. The van der Waals surface area contributed by atoms with Gasteiger partial charge < -0.3 is 15.1 Å². The molecule has 2 N–H and O–H groups in total. The number of carbonyl (C=O) groups excluding carboxylic acids is 1. The Morgan fingerprint density at radius 2 is 1.66 bits per heavy atom. The van der Waals surface area contributed by atoms with Crippen LogP contribution in [0.4, 0.5) is 0 Å². The highest BCUT2D eigenvalue weighted by molar-refractivity contribution is 7.89. The molecule has 0 saturated heterocycles. The van der Waals surface area contributed by atoms with E-state index < -0.39 is 47.0 Å². The molecule has 1 heterocycles. The van der Waals surface area contributed by atoms with Crippen molar-refractivity contribution < 1.29 is 33.0 Å². The Morgan fingerprint density at radius 3 is 2.29 bits per heavy atom. The van der Waals surface area contributed by atoms with Crippen LogP contribution in [0.3, 0.4) is 0 Å². The van der Waals surface area contributed by atoms with Crippen molar-refractivity contribution in [3.05, 3.63) is 82.6 Å². The van der Waals surface area contributed by atoms with Crippen LogP contribution in [0.5, 0.6) is 0 Å². The number of aromatic nitrogens is 1. The zero-order chi connectivity index (χ0) is 30.3. The average molecular weight is 602 g/mol. The first-order valence-corrected chi connectivity index (χ1v) is 14.6. The van der Waals surface area contributed by atoms with Crippen LogP contribution in [-0.4, -0.2) is 70.3 Å². The SMILES string of the molecule is Cc1cnccc1-c1cccc([C@H](C)N(CCCC(=O)N(CC(=O)O)CC(=O)O)S(=O)(=O)c2cccc(Cl)c2C)c1. The Hall–Kier alpha value is -3.80. The van der Waals surface area contributed by atoms with Crippen LogP contribution in [0, 0.1) is 13.8 Å². The summed E-state index contributed by atoms with van der Waals surface area (Å²) in [7, 11) is -4.12. The molecule has 2 aromatic carbocycles. The molecule has 0 spiro atoms. The van der Waals surface area contributed by atoms with Crippen LogP contribution >= 0.6 is 11.6 Å². The molecule has 0 aliphatic rings. The number of hydrogen-bond donors (Lipinski definition) is 2. The summed E-state index contributed by atoms with van der Waals surface area (Å²) in [5.74, 6) is -3.40. The van der Waals surface area contributed by atoms with Crippen molar-refractivity contribution in [3.63, 3.8) is 0 Å². The monoisotopic (exact) mass is 601 g/mol. The third-order valence-electron chi connectivity index (χ3n) is 6.71. The van der Waals surface area contributed by atoms with Gasteiger partial charge in [-0.05, 0) is 79.3 Å².